The molecule has 1 saturated heterocycles. The third kappa shape index (κ3) is 6.32. The van der Waals surface area contributed by atoms with Gasteiger partial charge in [-0.15, -0.1) is 11.3 Å². The number of likely N-dealkylation sites (tertiary alicyclic amines) is 1. The van der Waals surface area contributed by atoms with Gasteiger partial charge in [-0.25, -0.2) is 8.42 Å². The fourth-order valence-corrected chi connectivity index (χ4v) is 6.83. The van der Waals surface area contributed by atoms with Crippen molar-refractivity contribution < 1.29 is 13.2 Å². The van der Waals surface area contributed by atoms with Gasteiger partial charge in [-0.1, -0.05) is 38.4 Å². The van der Waals surface area contributed by atoms with Gasteiger partial charge in [-0.2, -0.15) is 0 Å². The Morgan fingerprint density at radius 2 is 1.94 bits per heavy atom. The number of nitrogens with zero attached hydrogens (tertiary/aromatic N) is 2. The lowest BCUT2D eigenvalue weighted by molar-refractivity contribution is 0.0684. The number of thiophene rings is 1. The van der Waals surface area contributed by atoms with E-state index in [0.717, 1.165) is 40.1 Å². The van der Waals surface area contributed by atoms with Crippen molar-refractivity contribution in [2.24, 2.45) is 5.92 Å². The van der Waals surface area contributed by atoms with Crippen LogP contribution in [0.3, 0.4) is 0 Å². The van der Waals surface area contributed by atoms with Gasteiger partial charge in [0.25, 0.3) is 5.91 Å². The van der Waals surface area contributed by atoms with Crippen LogP contribution in [0.4, 0.5) is 0 Å². The molecule has 1 aliphatic heterocycles. The van der Waals surface area contributed by atoms with Crippen LogP contribution >= 0.6 is 22.9 Å². The summed E-state index contributed by atoms with van der Waals surface area (Å²) in [7, 11) is -3.07. The summed E-state index contributed by atoms with van der Waals surface area (Å²) < 4.78 is 23.4. The number of benzene rings is 1. The summed E-state index contributed by atoms with van der Waals surface area (Å²) in [4.78, 5) is 20.5. The van der Waals surface area contributed by atoms with Crippen molar-refractivity contribution >= 4 is 38.7 Å². The van der Waals surface area contributed by atoms with Gasteiger partial charge in [0.05, 0.1) is 5.75 Å². The van der Waals surface area contributed by atoms with Crippen LogP contribution in [0.2, 0.25) is 5.02 Å². The highest BCUT2D eigenvalue weighted by Crippen LogP contribution is 2.37. The van der Waals surface area contributed by atoms with E-state index < -0.39 is 9.84 Å². The van der Waals surface area contributed by atoms with Crippen LogP contribution < -0.4 is 0 Å². The average Bonchev–Trinajstić information content (AvgIpc) is 3.27. The molecule has 186 valence electrons. The lowest BCUT2D eigenvalue weighted by Crippen LogP contribution is -2.41. The minimum Gasteiger partial charge on any atom is -0.338 e. The standard InChI is InChI=1S/C27H31ClN2O3S2/c1-27(2,3)25-14-19(9-10-29-25)24-13-21(16-34-24)22-8-7-20(12-23(22)28)26(31)30-11-5-6-18(15-30)17-35(4,32)33/h7-10,12-14,16,18H,5-6,11,15,17H2,1-4H3. The molecule has 1 aromatic carbocycles. The van der Waals surface area contributed by atoms with Gasteiger partial charge in [0.2, 0.25) is 0 Å². The second-order valence-corrected chi connectivity index (χ2v) is 13.9. The summed E-state index contributed by atoms with van der Waals surface area (Å²) in [6.07, 6.45) is 4.73. The molecule has 4 rings (SSSR count). The molecule has 1 amide bonds. The van der Waals surface area contributed by atoms with Gasteiger partial charge in [0.1, 0.15) is 9.84 Å². The normalized spacial score (nSPS) is 16.9. The van der Waals surface area contributed by atoms with Crippen molar-refractivity contribution in [3.63, 3.8) is 0 Å². The van der Waals surface area contributed by atoms with Crippen molar-refractivity contribution in [3.05, 3.63) is 64.3 Å². The maximum atomic E-state index is 13.1. The van der Waals surface area contributed by atoms with Crippen LogP contribution in [-0.4, -0.2) is 49.3 Å². The van der Waals surface area contributed by atoms with Crippen LogP contribution in [0.5, 0.6) is 0 Å². The molecule has 2 aromatic heterocycles. The smallest absolute Gasteiger partial charge is 0.253 e. The van der Waals surface area contributed by atoms with E-state index in [2.05, 4.69) is 43.3 Å². The Bertz CT molecular complexity index is 1340. The Morgan fingerprint density at radius 1 is 1.17 bits per heavy atom. The number of amides is 1. The quantitative estimate of drug-likeness (QED) is 0.387. The third-order valence-corrected chi connectivity index (χ3v) is 8.65. The fraction of sp³-hybridized carbons (Fsp3) is 0.407. The molecule has 8 heteroatoms. The van der Waals surface area contributed by atoms with Crippen molar-refractivity contribution in [3.8, 4) is 21.6 Å². The fourth-order valence-electron chi connectivity index (χ4n) is 4.50. The first kappa shape index (κ1) is 25.9. The number of hydrogen-bond donors (Lipinski definition) is 0. The summed E-state index contributed by atoms with van der Waals surface area (Å²) >= 11 is 8.30. The first-order chi connectivity index (χ1) is 16.4. The zero-order valence-electron chi connectivity index (χ0n) is 20.5. The number of carbonyl (C=O) groups excluding carboxylic acids is 1. The Labute approximate surface area is 217 Å². The lowest BCUT2D eigenvalue weighted by atomic mass is 9.90. The highest BCUT2D eigenvalue weighted by Gasteiger charge is 2.27. The van der Waals surface area contributed by atoms with E-state index in [1.54, 1.807) is 22.3 Å². The van der Waals surface area contributed by atoms with Crippen LogP contribution in [0, 0.1) is 5.92 Å². The first-order valence-corrected chi connectivity index (χ1v) is 15.0. The Balaban J connectivity index is 1.52. The number of piperidine rings is 1. The molecule has 0 saturated carbocycles. The Hall–Kier alpha value is -2.22. The molecule has 1 fully saturated rings. The number of sulfone groups is 1. The average molecular weight is 531 g/mol. The van der Waals surface area contributed by atoms with E-state index in [-0.39, 0.29) is 23.0 Å². The predicted molar refractivity (Wildman–Crippen MR) is 145 cm³/mol. The number of halogens is 1. The van der Waals surface area contributed by atoms with Gasteiger partial charge in [0.15, 0.2) is 0 Å². The molecular weight excluding hydrogens is 500 g/mol. The zero-order chi connectivity index (χ0) is 25.4. The summed E-state index contributed by atoms with van der Waals surface area (Å²) in [5, 5.41) is 2.60. The summed E-state index contributed by atoms with van der Waals surface area (Å²) in [5.74, 6) is -0.00564. The number of aromatic nitrogens is 1. The van der Waals surface area contributed by atoms with Gasteiger partial charge in [-0.3, -0.25) is 9.78 Å². The molecule has 5 nitrogen and oxygen atoms in total. The number of carbonyl (C=O) groups is 1. The molecule has 0 aliphatic carbocycles. The van der Waals surface area contributed by atoms with E-state index in [4.69, 9.17) is 11.6 Å². The lowest BCUT2D eigenvalue weighted by Gasteiger charge is -2.32. The van der Waals surface area contributed by atoms with Crippen LogP contribution in [0.1, 0.15) is 49.7 Å². The first-order valence-electron chi connectivity index (χ1n) is 11.7. The third-order valence-electron chi connectivity index (χ3n) is 6.28. The van der Waals surface area contributed by atoms with Crippen molar-refractivity contribution in [2.75, 3.05) is 25.1 Å². The van der Waals surface area contributed by atoms with Crippen LogP contribution in [0.25, 0.3) is 21.6 Å². The topological polar surface area (TPSA) is 67.3 Å². The van der Waals surface area contributed by atoms with E-state index in [1.807, 2.05) is 24.4 Å². The molecule has 3 heterocycles. The molecular formula is C27H31ClN2O3S2. The van der Waals surface area contributed by atoms with Gasteiger partial charge in [-0.05, 0) is 65.6 Å². The molecule has 3 aromatic rings. The zero-order valence-corrected chi connectivity index (χ0v) is 22.9. The number of pyridine rings is 1. The highest BCUT2D eigenvalue weighted by molar-refractivity contribution is 7.90. The number of rotatable bonds is 5. The monoisotopic (exact) mass is 530 g/mol. The minimum absolute atomic E-state index is 0.0198. The maximum absolute atomic E-state index is 13.1. The summed E-state index contributed by atoms with van der Waals surface area (Å²) in [6, 6.07) is 11.7. The van der Waals surface area contributed by atoms with Gasteiger partial charge in [0, 0.05) is 57.7 Å². The number of hydrogen-bond acceptors (Lipinski definition) is 5. The Morgan fingerprint density at radius 3 is 2.63 bits per heavy atom. The molecule has 0 radical (unpaired) electrons. The van der Waals surface area contributed by atoms with Gasteiger partial charge < -0.3 is 4.90 Å². The maximum Gasteiger partial charge on any atom is 0.253 e. The van der Waals surface area contributed by atoms with Crippen LogP contribution in [0.15, 0.2) is 48.0 Å². The van der Waals surface area contributed by atoms with E-state index in [1.165, 1.54) is 6.26 Å². The summed E-state index contributed by atoms with van der Waals surface area (Å²) in [5.41, 5.74) is 4.55. The molecule has 1 aliphatic rings. The SMILES string of the molecule is CC(C)(C)c1cc(-c2cc(-c3ccc(C(=O)N4CCCC(CS(C)(=O)=O)C4)cc3Cl)cs2)ccn1. The Kier molecular flexibility index (Phi) is 7.41. The van der Waals surface area contributed by atoms with Crippen molar-refractivity contribution in [1.82, 2.24) is 9.88 Å². The van der Waals surface area contributed by atoms with Crippen molar-refractivity contribution in [2.45, 2.75) is 39.0 Å². The second kappa shape index (κ2) is 10.0. The molecule has 0 spiro atoms. The van der Waals surface area contributed by atoms with E-state index in [0.29, 0.717) is 23.7 Å². The summed E-state index contributed by atoms with van der Waals surface area (Å²) in [6.45, 7) is 7.54. The second-order valence-electron chi connectivity index (χ2n) is 10.4. The predicted octanol–water partition coefficient (Wildman–Crippen LogP) is 6.32. The molecule has 1 atom stereocenters. The minimum atomic E-state index is -3.07. The molecule has 1 unspecified atom stereocenters. The van der Waals surface area contributed by atoms with E-state index in [9.17, 15) is 13.2 Å². The molecule has 35 heavy (non-hydrogen) atoms. The molecule has 0 bridgehead atoms. The highest BCUT2D eigenvalue weighted by atomic mass is 35.5. The largest absolute Gasteiger partial charge is 0.338 e. The van der Waals surface area contributed by atoms with Crippen LogP contribution in [-0.2, 0) is 15.3 Å². The molecule has 0 N–H and O–H groups in total. The van der Waals surface area contributed by atoms with Crippen molar-refractivity contribution in [1.29, 1.82) is 0 Å². The van der Waals surface area contributed by atoms with Gasteiger partial charge >= 0.3 is 0 Å². The van der Waals surface area contributed by atoms with E-state index >= 15 is 0 Å².